The predicted molar refractivity (Wildman–Crippen MR) is 92.2 cm³/mol. The number of nitrogens with one attached hydrogen (secondary N) is 1. The Labute approximate surface area is 145 Å². The number of nitrogens with zero attached hydrogens (tertiary/aromatic N) is 6. The Hall–Kier alpha value is -3.04. The molecule has 0 bridgehead atoms. The number of carbonyl (C=O) groups excluding carboxylic acids is 1. The van der Waals surface area contributed by atoms with E-state index in [1.54, 1.807) is 27.3 Å². The topological polar surface area (TPSA) is 114 Å². The van der Waals surface area contributed by atoms with Gasteiger partial charge in [0.1, 0.15) is 5.82 Å². The molecule has 0 saturated carbocycles. The molecule has 3 N–H and O–H groups in total. The molecule has 10 heteroatoms. The van der Waals surface area contributed by atoms with Gasteiger partial charge in [0, 0.05) is 26.7 Å². The summed E-state index contributed by atoms with van der Waals surface area (Å²) in [7, 11) is 4.95. The van der Waals surface area contributed by atoms with Crippen molar-refractivity contribution in [3.63, 3.8) is 0 Å². The maximum atomic E-state index is 11.6. The van der Waals surface area contributed by atoms with Crippen molar-refractivity contribution in [3.05, 3.63) is 23.5 Å². The minimum absolute atomic E-state index is 0.142. The quantitative estimate of drug-likeness (QED) is 0.804. The van der Waals surface area contributed by atoms with E-state index in [0.29, 0.717) is 19.0 Å². The largest absolute Gasteiger partial charge is 0.481 e. The first-order valence-corrected chi connectivity index (χ1v) is 7.90. The number of hydrogen-bond acceptors (Lipinski definition) is 7. The monoisotopic (exact) mass is 346 g/mol. The molecule has 0 unspecified atom stereocenters. The van der Waals surface area contributed by atoms with Crippen LogP contribution in [0.2, 0.25) is 0 Å². The molecule has 0 aromatic carbocycles. The van der Waals surface area contributed by atoms with Crippen LogP contribution in [0, 0.1) is 0 Å². The number of aromatic nitrogens is 4. The van der Waals surface area contributed by atoms with E-state index in [2.05, 4.69) is 25.3 Å². The fourth-order valence-electron chi connectivity index (χ4n) is 2.63. The summed E-state index contributed by atoms with van der Waals surface area (Å²) in [6, 6.07) is 3.61. The second-order valence-corrected chi connectivity index (χ2v) is 5.95. The van der Waals surface area contributed by atoms with E-state index >= 15 is 0 Å². The third-order valence-electron chi connectivity index (χ3n) is 3.91. The second-order valence-electron chi connectivity index (χ2n) is 5.95. The number of amides is 2. The Morgan fingerprint density at radius 3 is 2.88 bits per heavy atom. The van der Waals surface area contributed by atoms with Gasteiger partial charge in [-0.1, -0.05) is 0 Å². The molecule has 0 radical (unpaired) electrons. The highest BCUT2D eigenvalue weighted by atomic mass is 16.5. The Bertz CT molecular complexity index is 773. The van der Waals surface area contributed by atoms with Gasteiger partial charge in [0.15, 0.2) is 0 Å². The van der Waals surface area contributed by atoms with Crippen LogP contribution in [0.4, 0.5) is 16.6 Å². The summed E-state index contributed by atoms with van der Waals surface area (Å²) >= 11 is 0. The van der Waals surface area contributed by atoms with E-state index in [4.69, 9.17) is 10.5 Å². The molecule has 2 aromatic heterocycles. The fourth-order valence-corrected chi connectivity index (χ4v) is 2.63. The van der Waals surface area contributed by atoms with E-state index in [9.17, 15) is 4.79 Å². The number of methoxy groups -OCH3 is 1. The van der Waals surface area contributed by atoms with E-state index in [1.807, 2.05) is 10.7 Å². The van der Waals surface area contributed by atoms with Crippen molar-refractivity contribution in [3.8, 4) is 5.88 Å². The maximum absolute atomic E-state index is 11.6. The van der Waals surface area contributed by atoms with Crippen molar-refractivity contribution < 1.29 is 9.53 Å². The van der Waals surface area contributed by atoms with Gasteiger partial charge in [-0.2, -0.15) is 15.1 Å². The molecule has 3 rings (SSSR count). The van der Waals surface area contributed by atoms with Gasteiger partial charge in [-0.05, 0) is 6.07 Å². The van der Waals surface area contributed by atoms with E-state index in [-0.39, 0.29) is 12.0 Å². The SMILES string of the molecule is COc1cc(N2CCn3nc(CNC(=O)N(C)C)cc3C2)nc(N)n1. The van der Waals surface area contributed by atoms with Gasteiger partial charge in [0.25, 0.3) is 0 Å². The fraction of sp³-hybridized carbons (Fsp3) is 0.467. The van der Waals surface area contributed by atoms with Gasteiger partial charge in [-0.15, -0.1) is 0 Å². The maximum Gasteiger partial charge on any atom is 0.317 e. The van der Waals surface area contributed by atoms with E-state index in [0.717, 1.165) is 30.3 Å². The molecule has 0 saturated heterocycles. The number of nitrogens with two attached hydrogens (primary N) is 1. The van der Waals surface area contributed by atoms with Gasteiger partial charge in [0.2, 0.25) is 11.8 Å². The van der Waals surface area contributed by atoms with Crippen LogP contribution in [0.5, 0.6) is 5.88 Å². The summed E-state index contributed by atoms with van der Waals surface area (Å²) in [4.78, 5) is 23.5. The van der Waals surface area contributed by atoms with Gasteiger partial charge >= 0.3 is 6.03 Å². The molecule has 2 aromatic rings. The van der Waals surface area contributed by atoms with Crippen molar-refractivity contribution >= 4 is 17.8 Å². The summed E-state index contributed by atoms with van der Waals surface area (Å²) in [5, 5.41) is 7.35. The molecule has 1 aliphatic heterocycles. The van der Waals surface area contributed by atoms with Crippen LogP contribution >= 0.6 is 0 Å². The molecule has 0 fully saturated rings. The summed E-state index contributed by atoms with van der Waals surface area (Å²) in [5.41, 5.74) is 7.62. The normalized spacial score (nSPS) is 13.3. The molecular weight excluding hydrogens is 324 g/mol. The van der Waals surface area contributed by atoms with Crippen LogP contribution in [-0.4, -0.2) is 58.4 Å². The standard InChI is InChI=1S/C15H22N8O2/c1-21(2)15(24)17-8-10-6-11-9-22(4-5-23(11)20-10)12-7-13(25-3)19-14(16)18-12/h6-7H,4-5,8-9H2,1-3H3,(H,17,24)(H2,16,18,19). The van der Waals surface area contributed by atoms with Crippen molar-refractivity contribution in [2.24, 2.45) is 0 Å². The lowest BCUT2D eigenvalue weighted by Gasteiger charge is -2.28. The zero-order valence-corrected chi connectivity index (χ0v) is 14.6. The van der Waals surface area contributed by atoms with Crippen LogP contribution < -0.4 is 20.7 Å². The number of urea groups is 1. The number of fused-ring (bicyclic) bond motifs is 1. The van der Waals surface area contributed by atoms with Gasteiger partial charge in [-0.3, -0.25) is 4.68 Å². The zero-order chi connectivity index (χ0) is 18.0. The minimum atomic E-state index is -0.142. The predicted octanol–water partition coefficient (Wildman–Crippen LogP) is 0.0553. The number of ether oxygens (including phenoxy) is 1. The summed E-state index contributed by atoms with van der Waals surface area (Å²) in [5.74, 6) is 1.34. The van der Waals surface area contributed by atoms with Crippen LogP contribution in [-0.2, 0) is 19.6 Å². The van der Waals surface area contributed by atoms with Crippen molar-refractivity contribution in [2.75, 3.05) is 38.4 Å². The van der Waals surface area contributed by atoms with Gasteiger partial charge in [-0.25, -0.2) is 4.79 Å². The molecule has 3 heterocycles. The molecule has 2 amide bonds. The first-order valence-electron chi connectivity index (χ1n) is 7.90. The first-order chi connectivity index (χ1) is 12.0. The number of rotatable bonds is 4. The Kier molecular flexibility index (Phi) is 4.59. The van der Waals surface area contributed by atoms with Crippen LogP contribution in [0.1, 0.15) is 11.4 Å². The van der Waals surface area contributed by atoms with Crippen molar-refractivity contribution in [1.82, 2.24) is 30.0 Å². The van der Waals surface area contributed by atoms with Gasteiger partial charge < -0.3 is 25.6 Å². The molecule has 0 atom stereocenters. The van der Waals surface area contributed by atoms with Crippen LogP contribution in [0.15, 0.2) is 12.1 Å². The van der Waals surface area contributed by atoms with E-state index in [1.165, 1.54) is 4.90 Å². The Balaban J connectivity index is 1.71. The van der Waals surface area contributed by atoms with Crippen molar-refractivity contribution in [2.45, 2.75) is 19.6 Å². The highest BCUT2D eigenvalue weighted by Gasteiger charge is 2.21. The molecule has 25 heavy (non-hydrogen) atoms. The Morgan fingerprint density at radius 1 is 1.36 bits per heavy atom. The summed E-state index contributed by atoms with van der Waals surface area (Å²) < 4.78 is 7.11. The molecule has 0 aliphatic carbocycles. The van der Waals surface area contributed by atoms with E-state index < -0.39 is 0 Å². The average molecular weight is 346 g/mol. The highest BCUT2D eigenvalue weighted by molar-refractivity contribution is 5.73. The smallest absolute Gasteiger partial charge is 0.317 e. The lowest BCUT2D eigenvalue weighted by molar-refractivity contribution is 0.217. The summed E-state index contributed by atoms with van der Waals surface area (Å²) in [6.07, 6.45) is 0. The molecule has 1 aliphatic rings. The lowest BCUT2D eigenvalue weighted by Crippen LogP contribution is -2.34. The Morgan fingerprint density at radius 2 is 2.16 bits per heavy atom. The zero-order valence-electron chi connectivity index (χ0n) is 14.6. The number of nitrogen functional groups attached to an aromatic ring is 1. The summed E-state index contributed by atoms with van der Waals surface area (Å²) in [6.45, 7) is 2.51. The average Bonchev–Trinajstić information content (AvgIpc) is 3.00. The first kappa shape index (κ1) is 16.8. The molecule has 10 nitrogen and oxygen atoms in total. The number of carbonyl (C=O) groups is 1. The molecule has 0 spiro atoms. The van der Waals surface area contributed by atoms with Gasteiger partial charge in [0.05, 0.1) is 38.1 Å². The molecular formula is C15H22N8O2. The lowest BCUT2D eigenvalue weighted by atomic mass is 10.2. The second kappa shape index (κ2) is 6.83. The minimum Gasteiger partial charge on any atom is -0.481 e. The van der Waals surface area contributed by atoms with Crippen LogP contribution in [0.3, 0.4) is 0 Å². The number of hydrogen-bond donors (Lipinski definition) is 2. The molecule has 134 valence electrons. The number of anilines is 2. The van der Waals surface area contributed by atoms with Crippen molar-refractivity contribution in [1.29, 1.82) is 0 Å². The van der Waals surface area contributed by atoms with Crippen LogP contribution in [0.25, 0.3) is 0 Å². The highest BCUT2D eigenvalue weighted by Crippen LogP contribution is 2.23. The third-order valence-corrected chi connectivity index (χ3v) is 3.91. The third kappa shape index (κ3) is 3.73.